The van der Waals surface area contributed by atoms with E-state index in [4.69, 9.17) is 10.5 Å². The molecule has 106 valence electrons. The summed E-state index contributed by atoms with van der Waals surface area (Å²) in [5.74, 6) is 0.747. The molecular formula is C13H20N2O3S. The van der Waals surface area contributed by atoms with Crippen molar-refractivity contribution in [3.8, 4) is 5.75 Å². The summed E-state index contributed by atoms with van der Waals surface area (Å²) in [6, 6.07) is 7.80. The van der Waals surface area contributed by atoms with Gasteiger partial charge < -0.3 is 10.5 Å². The maximum Gasteiger partial charge on any atom is 0.232 e. The van der Waals surface area contributed by atoms with Gasteiger partial charge in [-0.3, -0.25) is 4.55 Å². The van der Waals surface area contributed by atoms with Gasteiger partial charge >= 0.3 is 0 Å². The van der Waals surface area contributed by atoms with Crippen molar-refractivity contribution < 1.29 is 13.5 Å². The molecule has 0 aliphatic heterocycles. The minimum atomic E-state index is -2.05. The highest BCUT2D eigenvalue weighted by molar-refractivity contribution is 7.77. The Morgan fingerprint density at radius 2 is 2.16 bits per heavy atom. The molecule has 2 rings (SSSR count). The number of hydrogen-bond donors (Lipinski definition) is 3. The Hall–Kier alpha value is -0.950. The quantitative estimate of drug-likeness (QED) is 0.732. The summed E-state index contributed by atoms with van der Waals surface area (Å²) in [6.45, 7) is 0. The summed E-state index contributed by atoms with van der Waals surface area (Å²) in [7, 11) is 1.61. The molecule has 0 aromatic heterocycles. The number of hydrogen-bond acceptors (Lipinski definition) is 3. The van der Waals surface area contributed by atoms with E-state index in [1.807, 2.05) is 24.3 Å². The third-order valence-corrected chi connectivity index (χ3v) is 4.35. The third kappa shape index (κ3) is 3.33. The van der Waals surface area contributed by atoms with Crippen LogP contribution >= 0.6 is 0 Å². The third-order valence-electron chi connectivity index (χ3n) is 3.79. The molecular weight excluding hydrogens is 264 g/mol. The molecule has 1 unspecified atom stereocenters. The molecule has 6 heteroatoms. The zero-order chi connectivity index (χ0) is 13.9. The lowest BCUT2D eigenvalue weighted by atomic mass is 9.76. The first kappa shape index (κ1) is 14.5. The molecule has 1 aliphatic carbocycles. The Kier molecular flexibility index (Phi) is 4.57. The van der Waals surface area contributed by atoms with Crippen LogP contribution in [0.5, 0.6) is 5.75 Å². The monoisotopic (exact) mass is 284 g/mol. The van der Waals surface area contributed by atoms with Gasteiger partial charge in [-0.15, -0.1) is 0 Å². The van der Waals surface area contributed by atoms with Crippen molar-refractivity contribution in [2.75, 3.05) is 7.11 Å². The second kappa shape index (κ2) is 6.00. The van der Waals surface area contributed by atoms with E-state index in [1.165, 1.54) is 0 Å². The van der Waals surface area contributed by atoms with Gasteiger partial charge in [0.25, 0.3) is 0 Å². The van der Waals surface area contributed by atoms with Crippen LogP contribution < -0.4 is 15.2 Å². The first-order chi connectivity index (χ1) is 9.05. The summed E-state index contributed by atoms with van der Waals surface area (Å²) in [6.07, 6.45) is 3.16. The van der Waals surface area contributed by atoms with E-state index in [0.29, 0.717) is 0 Å². The molecule has 1 aromatic carbocycles. The minimum absolute atomic E-state index is 0.174. The van der Waals surface area contributed by atoms with E-state index in [9.17, 15) is 8.76 Å². The Morgan fingerprint density at radius 3 is 2.74 bits per heavy atom. The summed E-state index contributed by atoms with van der Waals surface area (Å²) in [4.78, 5) is 0. The first-order valence-corrected chi connectivity index (χ1v) is 7.45. The van der Waals surface area contributed by atoms with E-state index in [0.717, 1.165) is 37.0 Å². The molecule has 19 heavy (non-hydrogen) atoms. The van der Waals surface area contributed by atoms with Crippen molar-refractivity contribution in [2.24, 2.45) is 5.73 Å². The van der Waals surface area contributed by atoms with Gasteiger partial charge in [0.05, 0.1) is 12.6 Å². The smallest absolute Gasteiger partial charge is 0.232 e. The second-order valence-electron chi connectivity index (χ2n) is 5.00. The fraction of sp³-hybridized carbons (Fsp3) is 0.538. The Morgan fingerprint density at radius 1 is 1.47 bits per heavy atom. The highest BCUT2D eigenvalue weighted by Crippen LogP contribution is 2.38. The van der Waals surface area contributed by atoms with Crippen LogP contribution in [0, 0.1) is 0 Å². The normalized spacial score (nSPS) is 28.9. The predicted octanol–water partition coefficient (Wildman–Crippen LogP) is 1.52. The zero-order valence-corrected chi connectivity index (χ0v) is 11.8. The van der Waals surface area contributed by atoms with E-state index < -0.39 is 16.8 Å². The van der Waals surface area contributed by atoms with Gasteiger partial charge in [0.15, 0.2) is 0 Å². The molecule has 5 nitrogen and oxygen atoms in total. The van der Waals surface area contributed by atoms with Crippen LogP contribution in [0.4, 0.5) is 0 Å². The van der Waals surface area contributed by atoms with Crippen LogP contribution in [-0.2, 0) is 16.8 Å². The average Bonchev–Trinajstić information content (AvgIpc) is 2.41. The highest BCUT2D eigenvalue weighted by atomic mass is 32.2. The first-order valence-electron chi connectivity index (χ1n) is 6.34. The van der Waals surface area contributed by atoms with E-state index in [-0.39, 0.29) is 6.04 Å². The van der Waals surface area contributed by atoms with Gasteiger partial charge in [-0.2, -0.15) is 0 Å². The molecule has 0 amide bonds. The number of benzene rings is 1. The molecule has 1 fully saturated rings. The zero-order valence-electron chi connectivity index (χ0n) is 11.0. The van der Waals surface area contributed by atoms with Crippen LogP contribution in [-0.4, -0.2) is 21.9 Å². The number of nitrogens with two attached hydrogens (primary N) is 1. The van der Waals surface area contributed by atoms with Crippen LogP contribution in [0.2, 0.25) is 0 Å². The van der Waals surface area contributed by atoms with Crippen molar-refractivity contribution in [1.82, 2.24) is 4.72 Å². The molecule has 1 aliphatic rings. The van der Waals surface area contributed by atoms with Crippen molar-refractivity contribution in [2.45, 2.75) is 37.3 Å². The van der Waals surface area contributed by atoms with Crippen molar-refractivity contribution in [1.29, 1.82) is 0 Å². The minimum Gasteiger partial charge on any atom is -0.497 e. The van der Waals surface area contributed by atoms with Crippen LogP contribution in [0.3, 0.4) is 0 Å². The molecule has 0 bridgehead atoms. The van der Waals surface area contributed by atoms with Gasteiger partial charge in [-0.05, 0) is 43.4 Å². The lowest BCUT2D eigenvalue weighted by Gasteiger charge is -2.39. The predicted molar refractivity (Wildman–Crippen MR) is 75.0 cm³/mol. The number of rotatable bonds is 4. The number of ether oxygens (including phenoxy) is 1. The fourth-order valence-electron chi connectivity index (χ4n) is 2.67. The molecule has 1 saturated carbocycles. The van der Waals surface area contributed by atoms with Gasteiger partial charge in [0.2, 0.25) is 11.3 Å². The number of nitrogens with one attached hydrogen (secondary N) is 1. The SMILES string of the molecule is COc1cccc(C2(NS(=O)O)CCC(N)CC2)c1. The lowest BCUT2D eigenvalue weighted by Crippen LogP contribution is -2.48. The van der Waals surface area contributed by atoms with Crippen LogP contribution in [0.15, 0.2) is 24.3 Å². The molecule has 0 heterocycles. The molecule has 0 saturated heterocycles. The molecule has 1 aromatic rings. The van der Waals surface area contributed by atoms with Crippen LogP contribution in [0.25, 0.3) is 0 Å². The van der Waals surface area contributed by atoms with Crippen molar-refractivity contribution >= 4 is 11.3 Å². The molecule has 0 spiro atoms. The summed E-state index contributed by atoms with van der Waals surface area (Å²) in [5.41, 5.74) is 6.41. The maximum atomic E-state index is 11.2. The standard InChI is InChI=1S/C13H20N2O3S/c1-18-12-4-2-3-10(9-12)13(15-19(16)17)7-5-11(14)6-8-13/h2-4,9,11,15H,5-8,14H2,1H3,(H,16,17). The van der Waals surface area contributed by atoms with E-state index in [1.54, 1.807) is 7.11 Å². The molecule has 4 N–H and O–H groups in total. The summed E-state index contributed by atoms with van der Waals surface area (Å²) in [5, 5.41) is 0. The summed E-state index contributed by atoms with van der Waals surface area (Å²) >= 11 is -2.05. The van der Waals surface area contributed by atoms with Crippen LogP contribution in [0.1, 0.15) is 31.2 Å². The van der Waals surface area contributed by atoms with Crippen molar-refractivity contribution in [3.63, 3.8) is 0 Å². The Bertz CT molecular complexity index is 459. The van der Waals surface area contributed by atoms with Gasteiger partial charge in [0.1, 0.15) is 5.75 Å². The van der Waals surface area contributed by atoms with Gasteiger partial charge in [-0.1, -0.05) is 12.1 Å². The van der Waals surface area contributed by atoms with Gasteiger partial charge in [0, 0.05) is 6.04 Å². The second-order valence-corrected chi connectivity index (χ2v) is 5.71. The maximum absolute atomic E-state index is 11.2. The lowest BCUT2D eigenvalue weighted by molar-refractivity contribution is 0.250. The van der Waals surface area contributed by atoms with E-state index >= 15 is 0 Å². The molecule has 1 atom stereocenters. The average molecular weight is 284 g/mol. The van der Waals surface area contributed by atoms with Crippen molar-refractivity contribution in [3.05, 3.63) is 29.8 Å². The molecule has 0 radical (unpaired) electrons. The number of methoxy groups -OCH3 is 1. The largest absolute Gasteiger partial charge is 0.497 e. The Balaban J connectivity index is 2.33. The van der Waals surface area contributed by atoms with E-state index in [2.05, 4.69) is 4.72 Å². The fourth-order valence-corrected chi connectivity index (χ4v) is 3.33. The topological polar surface area (TPSA) is 84.6 Å². The summed E-state index contributed by atoms with van der Waals surface area (Å²) < 4.78 is 28.5. The van der Waals surface area contributed by atoms with Gasteiger partial charge in [-0.25, -0.2) is 8.93 Å². The highest BCUT2D eigenvalue weighted by Gasteiger charge is 2.37. The Labute approximate surface area is 115 Å².